The molecule has 1 aliphatic carbocycles. The van der Waals surface area contributed by atoms with E-state index in [4.69, 9.17) is 0 Å². The Balaban J connectivity index is 2.25. The molecule has 0 aromatic carbocycles. The molecular formula is C15H28N4O. The molecule has 0 radical (unpaired) electrons. The van der Waals surface area contributed by atoms with Gasteiger partial charge in [0.05, 0.1) is 17.8 Å². The molecule has 2 atom stereocenters. The van der Waals surface area contributed by atoms with E-state index in [0.29, 0.717) is 0 Å². The fourth-order valence-electron chi connectivity index (χ4n) is 3.29. The van der Waals surface area contributed by atoms with Crippen molar-refractivity contribution in [2.45, 2.75) is 58.2 Å². The summed E-state index contributed by atoms with van der Waals surface area (Å²) in [6, 6.07) is 0.207. The Kier molecular flexibility index (Phi) is 5.05. The molecule has 1 aliphatic rings. The first-order chi connectivity index (χ1) is 9.56. The molecule has 0 saturated heterocycles. The first-order valence-corrected chi connectivity index (χ1v) is 7.70. The fraction of sp³-hybridized carbons (Fsp3) is 0.800. The largest absolute Gasteiger partial charge is 0.391 e. The number of hydrogen-bond acceptors (Lipinski definition) is 4. The van der Waals surface area contributed by atoms with Gasteiger partial charge in [-0.05, 0) is 26.3 Å². The normalized spacial score (nSPS) is 23.1. The highest BCUT2D eigenvalue weighted by Gasteiger charge is 2.30. The summed E-state index contributed by atoms with van der Waals surface area (Å²) in [4.78, 5) is 2.23. The number of likely N-dealkylation sites (N-methyl/N-ethyl adjacent to an activating group) is 1. The molecule has 1 saturated carbocycles. The molecule has 1 aromatic heterocycles. The molecule has 20 heavy (non-hydrogen) atoms. The molecule has 1 fully saturated rings. The van der Waals surface area contributed by atoms with E-state index >= 15 is 0 Å². The van der Waals surface area contributed by atoms with E-state index in [-0.39, 0.29) is 12.1 Å². The lowest BCUT2D eigenvalue weighted by atomic mass is 9.91. The van der Waals surface area contributed by atoms with Crippen molar-refractivity contribution in [1.82, 2.24) is 15.1 Å². The van der Waals surface area contributed by atoms with Crippen molar-refractivity contribution in [1.29, 1.82) is 0 Å². The Morgan fingerprint density at radius 3 is 2.75 bits per heavy atom. The second-order valence-corrected chi connectivity index (χ2v) is 5.82. The second kappa shape index (κ2) is 6.59. The Labute approximate surface area is 122 Å². The molecular weight excluding hydrogens is 252 g/mol. The van der Waals surface area contributed by atoms with E-state index in [0.717, 1.165) is 43.9 Å². The number of aromatic nitrogens is 2. The molecule has 0 bridgehead atoms. The second-order valence-electron chi connectivity index (χ2n) is 5.82. The number of aliphatic hydroxyl groups excluding tert-OH is 1. The summed E-state index contributed by atoms with van der Waals surface area (Å²) in [6.45, 7) is 5.95. The smallest absolute Gasteiger partial charge is 0.131 e. The maximum Gasteiger partial charge on any atom is 0.131 e. The number of aliphatic hydroxyl groups is 1. The van der Waals surface area contributed by atoms with Crippen LogP contribution in [0.25, 0.3) is 0 Å². The Bertz CT molecular complexity index is 443. The van der Waals surface area contributed by atoms with Crippen molar-refractivity contribution in [3.8, 4) is 0 Å². The molecule has 5 nitrogen and oxygen atoms in total. The minimum atomic E-state index is -0.226. The lowest BCUT2D eigenvalue weighted by Gasteiger charge is -2.37. The molecule has 0 amide bonds. The van der Waals surface area contributed by atoms with Gasteiger partial charge in [0.1, 0.15) is 5.82 Å². The molecule has 1 heterocycles. The highest BCUT2D eigenvalue weighted by atomic mass is 16.3. The van der Waals surface area contributed by atoms with Crippen molar-refractivity contribution in [3.05, 3.63) is 11.3 Å². The minimum absolute atomic E-state index is 0.207. The molecule has 2 N–H and O–H groups in total. The van der Waals surface area contributed by atoms with Gasteiger partial charge in [-0.1, -0.05) is 19.8 Å². The van der Waals surface area contributed by atoms with Gasteiger partial charge in [-0.15, -0.1) is 0 Å². The van der Waals surface area contributed by atoms with E-state index in [1.54, 1.807) is 0 Å². The third-order valence-corrected chi connectivity index (χ3v) is 4.39. The summed E-state index contributed by atoms with van der Waals surface area (Å²) in [5.74, 6) is 1.13. The summed E-state index contributed by atoms with van der Waals surface area (Å²) in [6.07, 6.45) is 4.08. The fourth-order valence-corrected chi connectivity index (χ4v) is 3.29. The highest BCUT2D eigenvalue weighted by molar-refractivity contribution is 5.50. The van der Waals surface area contributed by atoms with Crippen molar-refractivity contribution in [3.63, 3.8) is 0 Å². The predicted octanol–water partition coefficient (Wildman–Crippen LogP) is 1.58. The summed E-state index contributed by atoms with van der Waals surface area (Å²) in [5, 5.41) is 18.2. The summed E-state index contributed by atoms with van der Waals surface area (Å²) in [5.41, 5.74) is 2.32. The van der Waals surface area contributed by atoms with Crippen molar-refractivity contribution >= 4 is 5.82 Å². The van der Waals surface area contributed by atoms with Gasteiger partial charge < -0.3 is 15.3 Å². The summed E-state index contributed by atoms with van der Waals surface area (Å²) in [7, 11) is 4.08. The summed E-state index contributed by atoms with van der Waals surface area (Å²) < 4.78 is 1.95. The van der Waals surface area contributed by atoms with Gasteiger partial charge in [0.2, 0.25) is 0 Å². The number of nitrogens with zero attached hydrogens (tertiary/aromatic N) is 3. The van der Waals surface area contributed by atoms with Gasteiger partial charge in [0.15, 0.2) is 0 Å². The molecule has 5 heteroatoms. The Morgan fingerprint density at radius 2 is 2.10 bits per heavy atom. The highest BCUT2D eigenvalue weighted by Crippen LogP contribution is 2.29. The van der Waals surface area contributed by atoms with Crippen LogP contribution < -0.4 is 10.2 Å². The van der Waals surface area contributed by atoms with E-state index < -0.39 is 0 Å². The average molecular weight is 280 g/mol. The van der Waals surface area contributed by atoms with Crippen LogP contribution in [0.2, 0.25) is 0 Å². The molecule has 2 rings (SSSR count). The Morgan fingerprint density at radius 1 is 1.40 bits per heavy atom. The molecule has 1 aromatic rings. The van der Waals surface area contributed by atoms with Crippen molar-refractivity contribution < 1.29 is 5.11 Å². The third-order valence-electron chi connectivity index (χ3n) is 4.39. The van der Waals surface area contributed by atoms with Crippen molar-refractivity contribution in [2.24, 2.45) is 7.05 Å². The van der Waals surface area contributed by atoms with Crippen LogP contribution in [0.15, 0.2) is 0 Å². The van der Waals surface area contributed by atoms with Gasteiger partial charge in [0.25, 0.3) is 0 Å². The van der Waals surface area contributed by atoms with Crippen molar-refractivity contribution in [2.75, 3.05) is 18.5 Å². The van der Waals surface area contributed by atoms with Crippen LogP contribution in [0.1, 0.15) is 43.9 Å². The van der Waals surface area contributed by atoms with Crippen LogP contribution in [0.3, 0.4) is 0 Å². The standard InChI is InChI=1S/C15H28N4O/c1-5-16-10-12-11(2)17-19(4)15(12)18(3)13-8-6-7-9-14(13)20/h13-14,16,20H,5-10H2,1-4H3. The number of nitrogens with one attached hydrogen (secondary N) is 1. The lowest BCUT2D eigenvalue weighted by Crippen LogP contribution is -2.44. The maximum atomic E-state index is 10.3. The molecule has 0 aliphatic heterocycles. The first-order valence-electron chi connectivity index (χ1n) is 7.70. The van der Waals surface area contributed by atoms with E-state index in [1.165, 1.54) is 12.0 Å². The predicted molar refractivity (Wildman–Crippen MR) is 82.0 cm³/mol. The van der Waals surface area contributed by atoms with E-state index in [2.05, 4.69) is 36.2 Å². The van der Waals surface area contributed by atoms with Crippen LogP contribution in [-0.4, -0.2) is 40.6 Å². The van der Waals surface area contributed by atoms with Gasteiger partial charge in [-0.25, -0.2) is 0 Å². The van der Waals surface area contributed by atoms with Gasteiger partial charge >= 0.3 is 0 Å². The lowest BCUT2D eigenvalue weighted by molar-refractivity contribution is 0.105. The first kappa shape index (κ1) is 15.3. The van der Waals surface area contributed by atoms with Crippen LogP contribution >= 0.6 is 0 Å². The quantitative estimate of drug-likeness (QED) is 0.860. The van der Waals surface area contributed by atoms with Gasteiger partial charge in [-0.3, -0.25) is 4.68 Å². The average Bonchev–Trinajstić information content (AvgIpc) is 2.70. The summed E-state index contributed by atoms with van der Waals surface area (Å²) >= 11 is 0. The van der Waals surface area contributed by atoms with E-state index in [1.807, 2.05) is 11.7 Å². The van der Waals surface area contributed by atoms with Crippen LogP contribution in [-0.2, 0) is 13.6 Å². The zero-order chi connectivity index (χ0) is 14.7. The van der Waals surface area contributed by atoms with E-state index in [9.17, 15) is 5.11 Å². The monoisotopic (exact) mass is 280 g/mol. The molecule has 114 valence electrons. The topological polar surface area (TPSA) is 53.3 Å². The zero-order valence-electron chi connectivity index (χ0n) is 13.2. The SMILES string of the molecule is CCNCc1c(C)nn(C)c1N(C)C1CCCCC1O. The number of rotatable bonds is 5. The number of aryl methyl sites for hydroxylation is 2. The molecule has 2 unspecified atom stereocenters. The Hall–Kier alpha value is -1.07. The van der Waals surface area contributed by atoms with Gasteiger partial charge in [-0.2, -0.15) is 5.10 Å². The number of anilines is 1. The zero-order valence-corrected chi connectivity index (χ0v) is 13.2. The van der Waals surface area contributed by atoms with Crippen LogP contribution in [0.4, 0.5) is 5.82 Å². The molecule has 0 spiro atoms. The number of hydrogen-bond donors (Lipinski definition) is 2. The maximum absolute atomic E-state index is 10.3. The van der Waals surface area contributed by atoms with Gasteiger partial charge in [0, 0.05) is 26.2 Å². The minimum Gasteiger partial charge on any atom is -0.391 e. The third kappa shape index (κ3) is 2.99. The van der Waals surface area contributed by atoms with Crippen LogP contribution in [0, 0.1) is 6.92 Å². The van der Waals surface area contributed by atoms with Crippen LogP contribution in [0.5, 0.6) is 0 Å².